The molecule has 0 aliphatic heterocycles. The van der Waals surface area contributed by atoms with Crippen LogP contribution in [0.15, 0.2) is 9.59 Å². The van der Waals surface area contributed by atoms with Crippen molar-refractivity contribution in [1.82, 2.24) is 0 Å². The minimum atomic E-state index is -0.552. The fourth-order valence-corrected chi connectivity index (χ4v) is 0.649. The Balaban J connectivity index is 3.48. The van der Waals surface area contributed by atoms with E-state index in [2.05, 4.69) is 0 Å². The summed E-state index contributed by atoms with van der Waals surface area (Å²) in [6.45, 7) is 1.53. The summed E-state index contributed by atoms with van der Waals surface area (Å²) in [6, 6.07) is 0. The van der Waals surface area contributed by atoms with E-state index in [0.29, 0.717) is 5.56 Å². The third kappa shape index (κ3) is 0.434. The third-order valence-corrected chi connectivity index (χ3v) is 1.53. The average molecular weight is 131 g/mol. The second kappa shape index (κ2) is 1.42. The van der Waals surface area contributed by atoms with Crippen molar-refractivity contribution in [3.63, 3.8) is 0 Å². The van der Waals surface area contributed by atoms with Gasteiger partial charge in [0, 0.05) is 5.56 Å². The minimum absolute atomic E-state index is 0.0926. The first-order valence-electron chi connectivity index (χ1n) is 2.10. The molecule has 0 unspecified atom stereocenters. The Bertz CT molecular complexity index is 250. The van der Waals surface area contributed by atoms with E-state index in [0.717, 1.165) is 0 Å². The Morgan fingerprint density at radius 2 is 1.75 bits per heavy atom. The number of hydrogen-bond acceptors (Lipinski definition) is 2. The summed E-state index contributed by atoms with van der Waals surface area (Å²) in [5.74, 6) is 0. The molecule has 1 aromatic carbocycles. The molecule has 0 saturated carbocycles. The van der Waals surface area contributed by atoms with E-state index in [-0.39, 0.29) is 5.02 Å². The SMILES string of the molecule is Cc1c(Cl)c(=O)c1=O. The summed E-state index contributed by atoms with van der Waals surface area (Å²) in [5, 5.41) is 0.0926. The number of halogens is 1. The monoisotopic (exact) mass is 130 g/mol. The Labute approximate surface area is 50.4 Å². The molecule has 0 aliphatic rings. The summed E-state index contributed by atoms with van der Waals surface area (Å²) < 4.78 is 0. The topological polar surface area (TPSA) is 34.1 Å². The quantitative estimate of drug-likeness (QED) is 0.472. The van der Waals surface area contributed by atoms with E-state index >= 15 is 0 Å². The molecule has 1 rings (SSSR count). The van der Waals surface area contributed by atoms with E-state index in [1.807, 2.05) is 0 Å². The average Bonchev–Trinajstić information content (AvgIpc) is 1.83. The molecule has 0 spiro atoms. The van der Waals surface area contributed by atoms with E-state index in [9.17, 15) is 9.59 Å². The van der Waals surface area contributed by atoms with Crippen LogP contribution in [0.2, 0.25) is 5.02 Å². The number of rotatable bonds is 0. The van der Waals surface area contributed by atoms with Gasteiger partial charge in [0.05, 0.1) is 5.02 Å². The lowest BCUT2D eigenvalue weighted by atomic mass is 10.2. The lowest BCUT2D eigenvalue weighted by Gasteiger charge is -1.93. The molecule has 0 amide bonds. The second-order valence-corrected chi connectivity index (χ2v) is 1.98. The standard InChI is InChI=1S/C5H3ClO2/c1-2-3(6)5(8)4(2)7/h1H3. The molecular weight excluding hydrogens is 128 g/mol. The molecule has 3 heteroatoms. The maximum absolute atomic E-state index is 10.3. The molecule has 0 fully saturated rings. The van der Waals surface area contributed by atoms with Crippen LogP contribution in [0.4, 0.5) is 0 Å². The molecule has 2 nitrogen and oxygen atoms in total. The Kier molecular flexibility index (Phi) is 0.978. The lowest BCUT2D eigenvalue weighted by Crippen LogP contribution is -2.33. The van der Waals surface area contributed by atoms with Gasteiger partial charge >= 0.3 is 0 Å². The van der Waals surface area contributed by atoms with Crippen LogP contribution >= 0.6 is 11.6 Å². The zero-order valence-electron chi connectivity index (χ0n) is 4.19. The van der Waals surface area contributed by atoms with Crippen molar-refractivity contribution in [3.8, 4) is 0 Å². The second-order valence-electron chi connectivity index (χ2n) is 1.60. The first kappa shape index (κ1) is 5.51. The summed E-state index contributed by atoms with van der Waals surface area (Å²) in [6.07, 6.45) is 0. The molecule has 42 valence electrons. The van der Waals surface area contributed by atoms with Crippen LogP contribution in [0.3, 0.4) is 0 Å². The highest BCUT2D eigenvalue weighted by Gasteiger charge is 2.12. The van der Waals surface area contributed by atoms with Crippen LogP contribution in [0, 0.1) is 6.92 Å². The first-order valence-corrected chi connectivity index (χ1v) is 2.48. The summed E-state index contributed by atoms with van der Waals surface area (Å²) in [4.78, 5) is 20.5. The zero-order chi connectivity index (χ0) is 6.31. The summed E-state index contributed by atoms with van der Waals surface area (Å²) in [5.41, 5.74) is -0.615. The molecule has 1 aromatic rings. The van der Waals surface area contributed by atoms with Crippen LogP contribution in [0.1, 0.15) is 5.56 Å². The normalized spacial score (nSPS) is 10.2. The van der Waals surface area contributed by atoms with Crippen molar-refractivity contribution in [2.24, 2.45) is 0 Å². The van der Waals surface area contributed by atoms with Crippen molar-refractivity contribution < 1.29 is 0 Å². The van der Waals surface area contributed by atoms with Crippen LogP contribution in [-0.2, 0) is 0 Å². The molecule has 0 aliphatic carbocycles. The van der Waals surface area contributed by atoms with Gasteiger partial charge < -0.3 is 0 Å². The van der Waals surface area contributed by atoms with Gasteiger partial charge in [-0.25, -0.2) is 0 Å². The van der Waals surface area contributed by atoms with Gasteiger partial charge in [0.15, 0.2) is 0 Å². The van der Waals surface area contributed by atoms with Crippen molar-refractivity contribution in [2.75, 3.05) is 0 Å². The van der Waals surface area contributed by atoms with Crippen molar-refractivity contribution in [2.45, 2.75) is 6.92 Å². The fraction of sp³-hybridized carbons (Fsp3) is 0.200. The summed E-state index contributed by atoms with van der Waals surface area (Å²) in [7, 11) is 0. The largest absolute Gasteiger partial charge is 0.285 e. The smallest absolute Gasteiger partial charge is 0.244 e. The number of hydrogen-bond donors (Lipinski definition) is 0. The predicted molar refractivity (Wildman–Crippen MR) is 31.1 cm³/mol. The van der Waals surface area contributed by atoms with Gasteiger partial charge in [-0.1, -0.05) is 11.6 Å². The summed E-state index contributed by atoms with van der Waals surface area (Å²) >= 11 is 5.25. The van der Waals surface area contributed by atoms with Crippen LogP contribution in [0.5, 0.6) is 0 Å². The Morgan fingerprint density at radius 1 is 1.25 bits per heavy atom. The molecule has 0 radical (unpaired) electrons. The fourth-order valence-electron chi connectivity index (χ4n) is 0.477. The van der Waals surface area contributed by atoms with Crippen LogP contribution in [-0.4, -0.2) is 0 Å². The Hall–Kier alpha value is -0.630. The van der Waals surface area contributed by atoms with Crippen molar-refractivity contribution >= 4 is 11.6 Å². The first-order chi connectivity index (χ1) is 3.64. The van der Waals surface area contributed by atoms with Gasteiger partial charge in [0.25, 0.3) is 0 Å². The van der Waals surface area contributed by atoms with Gasteiger partial charge in [0.1, 0.15) is 0 Å². The maximum Gasteiger partial charge on any atom is 0.244 e. The van der Waals surface area contributed by atoms with E-state index in [4.69, 9.17) is 11.6 Å². The van der Waals surface area contributed by atoms with E-state index in [1.54, 1.807) is 0 Å². The van der Waals surface area contributed by atoms with Crippen LogP contribution < -0.4 is 10.9 Å². The van der Waals surface area contributed by atoms with Gasteiger partial charge in [-0.2, -0.15) is 0 Å². The minimum Gasteiger partial charge on any atom is -0.285 e. The van der Waals surface area contributed by atoms with Crippen molar-refractivity contribution in [1.29, 1.82) is 0 Å². The van der Waals surface area contributed by atoms with Gasteiger partial charge in [-0.15, -0.1) is 0 Å². The highest BCUT2D eigenvalue weighted by molar-refractivity contribution is 6.31. The molecule has 0 atom stereocenters. The molecule has 8 heavy (non-hydrogen) atoms. The van der Waals surface area contributed by atoms with Gasteiger partial charge in [0.2, 0.25) is 10.9 Å². The van der Waals surface area contributed by atoms with Crippen molar-refractivity contribution in [3.05, 3.63) is 31.0 Å². The molecule has 0 saturated heterocycles. The third-order valence-electron chi connectivity index (χ3n) is 1.08. The van der Waals surface area contributed by atoms with E-state index < -0.39 is 10.9 Å². The molecule has 0 N–H and O–H groups in total. The molecule has 0 bridgehead atoms. The molecular formula is C5H3ClO2. The van der Waals surface area contributed by atoms with Crippen LogP contribution in [0.25, 0.3) is 0 Å². The van der Waals surface area contributed by atoms with E-state index in [1.165, 1.54) is 6.92 Å². The highest BCUT2D eigenvalue weighted by atomic mass is 35.5. The lowest BCUT2D eigenvalue weighted by molar-refractivity contribution is 1.28. The molecule has 0 heterocycles. The maximum atomic E-state index is 10.3. The molecule has 0 aromatic heterocycles. The highest BCUT2D eigenvalue weighted by Crippen LogP contribution is 2.03. The van der Waals surface area contributed by atoms with Gasteiger partial charge in [-0.3, -0.25) is 9.59 Å². The predicted octanol–water partition coefficient (Wildman–Crippen LogP) is 0.244. The zero-order valence-corrected chi connectivity index (χ0v) is 4.95. The van der Waals surface area contributed by atoms with Gasteiger partial charge in [-0.05, 0) is 6.92 Å². The Morgan fingerprint density at radius 3 is 1.88 bits per heavy atom.